The molecule has 0 spiro atoms. The molecule has 1 fully saturated rings. The first-order chi connectivity index (χ1) is 5.16. The van der Waals surface area contributed by atoms with Crippen molar-refractivity contribution in [2.75, 3.05) is 7.11 Å². The molecule has 0 amide bonds. The number of alkyl halides is 1. The SMILES string of the molecule is CO[I-]C1(N)CCCC(=O)C1. The molecule has 1 unspecified atom stereocenters. The van der Waals surface area contributed by atoms with Gasteiger partial charge in [0.05, 0.1) is 0 Å². The van der Waals surface area contributed by atoms with Gasteiger partial charge in [-0.25, -0.2) is 0 Å². The zero-order valence-corrected chi connectivity index (χ0v) is 8.76. The fraction of sp³-hybridized carbons (Fsp3) is 0.857. The van der Waals surface area contributed by atoms with Crippen molar-refractivity contribution >= 4 is 5.78 Å². The van der Waals surface area contributed by atoms with E-state index in [2.05, 4.69) is 0 Å². The first-order valence-electron chi connectivity index (χ1n) is 3.66. The quantitative estimate of drug-likeness (QED) is 0.341. The Morgan fingerprint density at radius 3 is 3.00 bits per heavy atom. The molecular weight excluding hydrogens is 257 g/mol. The van der Waals surface area contributed by atoms with E-state index in [1.165, 1.54) is 0 Å². The van der Waals surface area contributed by atoms with Crippen molar-refractivity contribution < 1.29 is 29.5 Å². The minimum atomic E-state index is -0.447. The number of carbonyl (C=O) groups is 1. The third-order valence-corrected chi connectivity index (χ3v) is 4.01. The number of halogens is 1. The van der Waals surface area contributed by atoms with Gasteiger partial charge in [0, 0.05) is 0 Å². The number of hydrogen-bond donors (Lipinski definition) is 1. The molecule has 1 atom stereocenters. The van der Waals surface area contributed by atoms with E-state index >= 15 is 0 Å². The van der Waals surface area contributed by atoms with Crippen LogP contribution >= 0.6 is 0 Å². The minimum absolute atomic E-state index is 0.261. The van der Waals surface area contributed by atoms with Gasteiger partial charge in [-0.15, -0.1) is 0 Å². The van der Waals surface area contributed by atoms with Gasteiger partial charge >= 0.3 is 77.3 Å². The van der Waals surface area contributed by atoms with Gasteiger partial charge in [-0.2, -0.15) is 0 Å². The molecule has 1 saturated carbocycles. The van der Waals surface area contributed by atoms with Crippen LogP contribution in [0.5, 0.6) is 0 Å². The zero-order chi connectivity index (χ0) is 8.32. The number of Topliss-reactive ketones (excluding diaryl/α,β-unsaturated/α-hetero) is 1. The van der Waals surface area contributed by atoms with E-state index in [1.807, 2.05) is 0 Å². The first kappa shape index (κ1) is 9.41. The second kappa shape index (κ2) is 3.82. The molecule has 0 aromatic heterocycles. The molecule has 1 aliphatic carbocycles. The molecule has 0 heterocycles. The molecule has 0 aromatic rings. The summed E-state index contributed by atoms with van der Waals surface area (Å²) in [6.45, 7) is 0. The van der Waals surface area contributed by atoms with E-state index < -0.39 is 21.6 Å². The van der Waals surface area contributed by atoms with Gasteiger partial charge in [0.25, 0.3) is 0 Å². The Balaban J connectivity index is 2.48. The van der Waals surface area contributed by atoms with Crippen molar-refractivity contribution in [1.82, 2.24) is 0 Å². The molecule has 1 aliphatic rings. The van der Waals surface area contributed by atoms with Crippen LogP contribution in [-0.4, -0.2) is 16.4 Å². The van der Waals surface area contributed by atoms with Gasteiger partial charge in [-0.05, 0) is 0 Å². The number of rotatable bonds is 2. The topological polar surface area (TPSA) is 52.3 Å². The summed E-state index contributed by atoms with van der Waals surface area (Å²) < 4.78 is 4.80. The van der Waals surface area contributed by atoms with Gasteiger partial charge in [0.15, 0.2) is 0 Å². The summed E-state index contributed by atoms with van der Waals surface area (Å²) in [5, 5.41) is 0. The molecule has 0 radical (unpaired) electrons. The molecule has 0 saturated heterocycles. The summed E-state index contributed by atoms with van der Waals surface area (Å²) in [6, 6.07) is 0. The van der Waals surface area contributed by atoms with E-state index in [1.54, 1.807) is 7.11 Å². The van der Waals surface area contributed by atoms with Crippen LogP contribution in [0.25, 0.3) is 0 Å². The fourth-order valence-electron chi connectivity index (χ4n) is 1.30. The second-order valence-electron chi connectivity index (χ2n) is 2.84. The van der Waals surface area contributed by atoms with E-state index in [0.717, 1.165) is 12.8 Å². The van der Waals surface area contributed by atoms with Gasteiger partial charge in [0.1, 0.15) is 0 Å². The van der Waals surface area contributed by atoms with E-state index in [-0.39, 0.29) is 3.55 Å². The zero-order valence-electron chi connectivity index (χ0n) is 6.60. The summed E-state index contributed by atoms with van der Waals surface area (Å²) in [5.41, 5.74) is 5.96. The summed E-state index contributed by atoms with van der Waals surface area (Å²) >= 11 is -0.447. The molecule has 11 heavy (non-hydrogen) atoms. The molecule has 0 aliphatic heterocycles. The normalized spacial score (nSPS) is 32.7. The Morgan fingerprint density at radius 2 is 2.45 bits per heavy atom. The monoisotopic (exact) mass is 270 g/mol. The van der Waals surface area contributed by atoms with Crippen LogP contribution < -0.4 is 27.4 Å². The summed E-state index contributed by atoms with van der Waals surface area (Å²) in [6.07, 6.45) is 3.15. The molecule has 66 valence electrons. The summed E-state index contributed by atoms with van der Waals surface area (Å²) in [5.74, 6) is 0.301. The van der Waals surface area contributed by atoms with Crippen LogP contribution in [0.1, 0.15) is 25.7 Å². The standard InChI is InChI=1S/C7H13INO2/c1-11-8-7(9)4-2-3-6(10)5-7/h2-5,9H2,1H3/q-1. The van der Waals surface area contributed by atoms with Crippen LogP contribution in [0.15, 0.2) is 0 Å². The molecule has 0 aromatic carbocycles. The van der Waals surface area contributed by atoms with Crippen LogP contribution in [0, 0.1) is 0 Å². The van der Waals surface area contributed by atoms with Crippen molar-refractivity contribution in [2.24, 2.45) is 5.73 Å². The van der Waals surface area contributed by atoms with Crippen molar-refractivity contribution in [3.05, 3.63) is 0 Å². The van der Waals surface area contributed by atoms with Crippen molar-refractivity contribution in [3.63, 3.8) is 0 Å². The third-order valence-electron chi connectivity index (χ3n) is 1.77. The molecule has 0 bridgehead atoms. The predicted molar refractivity (Wildman–Crippen MR) is 37.4 cm³/mol. The van der Waals surface area contributed by atoms with E-state index in [9.17, 15) is 4.79 Å². The average molecular weight is 270 g/mol. The molecule has 2 N–H and O–H groups in total. The maximum atomic E-state index is 11.0. The first-order valence-corrected chi connectivity index (χ1v) is 5.62. The average Bonchev–Trinajstić information content (AvgIpc) is 1.86. The third kappa shape index (κ3) is 2.68. The fourth-order valence-corrected chi connectivity index (χ4v) is 3.36. The summed E-state index contributed by atoms with van der Waals surface area (Å²) in [4.78, 5) is 11.0. The Morgan fingerprint density at radius 1 is 1.73 bits per heavy atom. The van der Waals surface area contributed by atoms with Gasteiger partial charge < -0.3 is 0 Å². The van der Waals surface area contributed by atoms with Crippen LogP contribution in [0.3, 0.4) is 0 Å². The van der Waals surface area contributed by atoms with Crippen LogP contribution in [0.4, 0.5) is 0 Å². The Kier molecular flexibility index (Phi) is 3.27. The second-order valence-corrected chi connectivity index (χ2v) is 6.30. The maximum absolute atomic E-state index is 11.0. The Hall–Kier alpha value is 0.320. The van der Waals surface area contributed by atoms with Crippen molar-refractivity contribution in [1.29, 1.82) is 0 Å². The van der Waals surface area contributed by atoms with Crippen LogP contribution in [-0.2, 0) is 7.86 Å². The number of hydrogen-bond acceptors (Lipinski definition) is 3. The van der Waals surface area contributed by atoms with Gasteiger partial charge in [0.2, 0.25) is 0 Å². The molecule has 3 nitrogen and oxygen atoms in total. The number of nitrogens with two attached hydrogens (primary N) is 1. The molecule has 1 rings (SSSR count). The molecular formula is C7H13INO2-. The van der Waals surface area contributed by atoms with Crippen LogP contribution in [0.2, 0.25) is 0 Å². The summed E-state index contributed by atoms with van der Waals surface area (Å²) in [7, 11) is 1.67. The van der Waals surface area contributed by atoms with Crippen molar-refractivity contribution in [2.45, 2.75) is 29.2 Å². The Labute approximate surface area is 77.5 Å². The Bertz CT molecular complexity index is 159. The van der Waals surface area contributed by atoms with E-state index in [0.29, 0.717) is 18.6 Å². The predicted octanol–water partition coefficient (Wildman–Crippen LogP) is -2.57. The van der Waals surface area contributed by atoms with E-state index in [4.69, 9.17) is 8.80 Å². The van der Waals surface area contributed by atoms with Gasteiger partial charge in [-0.1, -0.05) is 0 Å². The van der Waals surface area contributed by atoms with Gasteiger partial charge in [-0.3, -0.25) is 0 Å². The van der Waals surface area contributed by atoms with Crippen molar-refractivity contribution in [3.8, 4) is 0 Å². The molecule has 4 heteroatoms. The number of carbonyl (C=O) groups excluding carboxylic acids is 1. The number of ketones is 1.